The predicted octanol–water partition coefficient (Wildman–Crippen LogP) is 2.64. The number of anilines is 1. The highest BCUT2D eigenvalue weighted by Crippen LogP contribution is 2.29. The monoisotopic (exact) mass is 473 g/mol. The van der Waals surface area contributed by atoms with Gasteiger partial charge in [-0.25, -0.2) is 4.98 Å². The van der Waals surface area contributed by atoms with Crippen LogP contribution in [0.3, 0.4) is 0 Å². The van der Waals surface area contributed by atoms with E-state index in [9.17, 15) is 9.59 Å². The minimum atomic E-state index is -0.341. The number of hydrogen-bond donors (Lipinski definition) is 2. The second kappa shape index (κ2) is 8.89. The maximum Gasteiger partial charge on any atom is 0.269 e. The van der Waals surface area contributed by atoms with Gasteiger partial charge in [-0.2, -0.15) is 0 Å². The van der Waals surface area contributed by atoms with Gasteiger partial charge < -0.3 is 4.90 Å². The number of amides is 2. The van der Waals surface area contributed by atoms with Gasteiger partial charge >= 0.3 is 0 Å². The number of carbonyl (C=O) groups excluding carboxylic acids is 2. The number of aromatic nitrogens is 1. The van der Waals surface area contributed by atoms with Gasteiger partial charge in [-0.1, -0.05) is 39.4 Å². The number of thiazole rings is 1. The Morgan fingerprint density at radius 1 is 1.00 bits per heavy atom. The molecule has 0 saturated carbocycles. The van der Waals surface area contributed by atoms with Gasteiger partial charge in [0.2, 0.25) is 0 Å². The first-order valence-corrected chi connectivity index (χ1v) is 10.9. The molecule has 1 aliphatic heterocycles. The van der Waals surface area contributed by atoms with Crippen molar-refractivity contribution >= 4 is 54.4 Å². The van der Waals surface area contributed by atoms with Crippen LogP contribution in [-0.2, 0) is 4.79 Å². The summed E-state index contributed by atoms with van der Waals surface area (Å²) in [6, 6.07) is 15.1. The number of hydrazine groups is 1. The SMILES string of the molecule is O=C(CN1CCN(c2nc3ccccc3s2)CC1)NNC(=O)c1ccc(Br)cc1. The molecule has 0 bridgehead atoms. The molecule has 2 heterocycles. The molecule has 150 valence electrons. The molecule has 29 heavy (non-hydrogen) atoms. The summed E-state index contributed by atoms with van der Waals surface area (Å²) >= 11 is 5.02. The van der Waals surface area contributed by atoms with Crippen molar-refractivity contribution in [1.82, 2.24) is 20.7 Å². The first kappa shape index (κ1) is 19.8. The number of hydrogen-bond acceptors (Lipinski definition) is 6. The van der Waals surface area contributed by atoms with Crippen molar-refractivity contribution in [3.63, 3.8) is 0 Å². The molecule has 0 unspecified atom stereocenters. The van der Waals surface area contributed by atoms with E-state index in [-0.39, 0.29) is 18.4 Å². The number of para-hydroxylation sites is 1. The third kappa shape index (κ3) is 4.92. The van der Waals surface area contributed by atoms with Gasteiger partial charge in [0.15, 0.2) is 5.13 Å². The molecular formula is C20H20BrN5O2S. The summed E-state index contributed by atoms with van der Waals surface area (Å²) in [4.78, 5) is 33.3. The smallest absolute Gasteiger partial charge is 0.269 e. The van der Waals surface area contributed by atoms with Crippen LogP contribution < -0.4 is 15.8 Å². The van der Waals surface area contributed by atoms with Crippen molar-refractivity contribution in [2.45, 2.75) is 0 Å². The van der Waals surface area contributed by atoms with Gasteiger partial charge in [0.1, 0.15) is 0 Å². The largest absolute Gasteiger partial charge is 0.345 e. The molecule has 0 spiro atoms. The summed E-state index contributed by atoms with van der Waals surface area (Å²) in [6.07, 6.45) is 0. The zero-order chi connectivity index (χ0) is 20.2. The Kier molecular flexibility index (Phi) is 6.08. The van der Waals surface area contributed by atoms with Crippen molar-refractivity contribution in [3.05, 3.63) is 58.6 Å². The molecule has 0 radical (unpaired) electrons. The van der Waals surface area contributed by atoms with Gasteiger partial charge in [0.05, 0.1) is 16.8 Å². The zero-order valence-electron chi connectivity index (χ0n) is 15.6. The molecule has 3 aromatic rings. The molecule has 4 rings (SSSR count). The Labute approximate surface area is 180 Å². The topological polar surface area (TPSA) is 77.6 Å². The van der Waals surface area contributed by atoms with Crippen LogP contribution in [0.25, 0.3) is 10.2 Å². The maximum atomic E-state index is 12.2. The Hall–Kier alpha value is -2.49. The lowest BCUT2D eigenvalue weighted by Gasteiger charge is -2.34. The van der Waals surface area contributed by atoms with Gasteiger partial charge in [-0.3, -0.25) is 25.3 Å². The van der Waals surface area contributed by atoms with Gasteiger partial charge in [0.25, 0.3) is 11.8 Å². The molecule has 0 aliphatic carbocycles. The normalized spacial score (nSPS) is 14.7. The van der Waals surface area contributed by atoms with Crippen molar-refractivity contribution in [2.24, 2.45) is 0 Å². The number of halogens is 1. The lowest BCUT2D eigenvalue weighted by molar-refractivity contribution is -0.123. The van der Waals surface area contributed by atoms with Crippen molar-refractivity contribution in [3.8, 4) is 0 Å². The van der Waals surface area contributed by atoms with Crippen molar-refractivity contribution in [1.29, 1.82) is 0 Å². The molecule has 1 saturated heterocycles. The fraction of sp³-hybridized carbons (Fsp3) is 0.250. The number of rotatable bonds is 4. The molecule has 7 nitrogen and oxygen atoms in total. The number of piperazine rings is 1. The fourth-order valence-corrected chi connectivity index (χ4v) is 4.42. The second-order valence-corrected chi connectivity index (χ2v) is 8.66. The van der Waals surface area contributed by atoms with E-state index >= 15 is 0 Å². The van der Waals surface area contributed by atoms with E-state index in [0.29, 0.717) is 5.56 Å². The number of benzene rings is 2. The molecule has 2 aromatic carbocycles. The zero-order valence-corrected chi connectivity index (χ0v) is 18.0. The van der Waals surface area contributed by atoms with Crippen LogP contribution in [-0.4, -0.2) is 54.4 Å². The minimum Gasteiger partial charge on any atom is -0.345 e. The van der Waals surface area contributed by atoms with E-state index in [1.807, 2.05) is 18.2 Å². The van der Waals surface area contributed by atoms with Crippen LogP contribution in [0, 0.1) is 0 Å². The average Bonchev–Trinajstić information content (AvgIpc) is 3.17. The molecule has 2 N–H and O–H groups in total. The third-order valence-corrected chi connectivity index (χ3v) is 6.34. The number of carbonyl (C=O) groups is 2. The van der Waals surface area contributed by atoms with E-state index in [0.717, 1.165) is 41.3 Å². The molecule has 1 aromatic heterocycles. The van der Waals surface area contributed by atoms with Crippen LogP contribution in [0.15, 0.2) is 53.0 Å². The highest BCUT2D eigenvalue weighted by atomic mass is 79.9. The predicted molar refractivity (Wildman–Crippen MR) is 118 cm³/mol. The average molecular weight is 474 g/mol. The summed E-state index contributed by atoms with van der Waals surface area (Å²) in [5.74, 6) is -0.574. The van der Waals surface area contributed by atoms with Crippen molar-refractivity contribution in [2.75, 3.05) is 37.6 Å². The minimum absolute atomic E-state index is 0.233. The summed E-state index contributed by atoms with van der Waals surface area (Å²) in [5.41, 5.74) is 6.45. The number of nitrogens with zero attached hydrogens (tertiary/aromatic N) is 3. The van der Waals surface area contributed by atoms with E-state index in [2.05, 4.69) is 42.6 Å². The highest BCUT2D eigenvalue weighted by molar-refractivity contribution is 9.10. The van der Waals surface area contributed by atoms with Crippen LogP contribution in [0.1, 0.15) is 10.4 Å². The Balaban J connectivity index is 1.23. The van der Waals surface area contributed by atoms with Gasteiger partial charge in [-0.05, 0) is 36.4 Å². The first-order valence-electron chi connectivity index (χ1n) is 9.26. The lowest BCUT2D eigenvalue weighted by Crippen LogP contribution is -2.51. The van der Waals surface area contributed by atoms with Crippen LogP contribution in [0.2, 0.25) is 0 Å². The quantitative estimate of drug-likeness (QED) is 0.569. The maximum absolute atomic E-state index is 12.2. The van der Waals surface area contributed by atoms with E-state index < -0.39 is 0 Å². The van der Waals surface area contributed by atoms with E-state index in [1.165, 1.54) is 4.70 Å². The van der Waals surface area contributed by atoms with Gasteiger partial charge in [-0.15, -0.1) is 0 Å². The van der Waals surface area contributed by atoms with E-state index in [4.69, 9.17) is 4.98 Å². The molecular weight excluding hydrogens is 454 g/mol. The second-order valence-electron chi connectivity index (χ2n) is 6.74. The van der Waals surface area contributed by atoms with Crippen molar-refractivity contribution < 1.29 is 9.59 Å². The summed E-state index contributed by atoms with van der Waals surface area (Å²) in [7, 11) is 0. The summed E-state index contributed by atoms with van der Waals surface area (Å²) in [5, 5.41) is 1.03. The summed E-state index contributed by atoms with van der Waals surface area (Å²) < 4.78 is 2.08. The Bertz CT molecular complexity index is 982. The molecule has 1 aliphatic rings. The molecule has 9 heteroatoms. The van der Waals surface area contributed by atoms with Crippen LogP contribution in [0.5, 0.6) is 0 Å². The van der Waals surface area contributed by atoms with E-state index in [1.54, 1.807) is 35.6 Å². The fourth-order valence-electron chi connectivity index (χ4n) is 3.14. The Morgan fingerprint density at radius 2 is 1.72 bits per heavy atom. The molecule has 2 amide bonds. The Morgan fingerprint density at radius 3 is 2.45 bits per heavy atom. The molecule has 1 fully saturated rings. The standard InChI is InChI=1S/C20H20BrN5O2S/c21-15-7-5-14(6-8-15)19(28)24-23-18(27)13-25-9-11-26(12-10-25)20-22-16-3-1-2-4-17(16)29-20/h1-8H,9-13H2,(H,23,27)(H,24,28). The van der Waals surface area contributed by atoms with Crippen LogP contribution in [0.4, 0.5) is 5.13 Å². The summed E-state index contributed by atoms with van der Waals surface area (Å²) in [6.45, 7) is 3.42. The lowest BCUT2D eigenvalue weighted by atomic mass is 10.2. The van der Waals surface area contributed by atoms with Crippen LogP contribution >= 0.6 is 27.3 Å². The number of nitrogens with one attached hydrogen (secondary N) is 2. The first-order chi connectivity index (χ1) is 14.1. The third-order valence-electron chi connectivity index (χ3n) is 4.71. The number of fused-ring (bicyclic) bond motifs is 1. The molecule has 0 atom stereocenters. The van der Waals surface area contributed by atoms with Gasteiger partial charge in [0, 0.05) is 36.2 Å². The highest BCUT2D eigenvalue weighted by Gasteiger charge is 2.21.